The molecule has 8 rings (SSSR count). The predicted octanol–water partition coefficient (Wildman–Crippen LogP) is 8.62. The van der Waals surface area contributed by atoms with Gasteiger partial charge in [0.1, 0.15) is 45.8 Å². The number of hydrogen-bond donors (Lipinski definition) is 4. The van der Waals surface area contributed by atoms with Crippen LogP contribution in [-0.2, 0) is 28.8 Å². The van der Waals surface area contributed by atoms with Crippen molar-refractivity contribution in [2.75, 3.05) is 41.5 Å². The zero-order valence-electron chi connectivity index (χ0n) is 38.5. The van der Waals surface area contributed by atoms with Gasteiger partial charge in [0.05, 0.1) is 41.5 Å². The van der Waals surface area contributed by atoms with Gasteiger partial charge in [-0.25, -0.2) is 20.1 Å². The van der Waals surface area contributed by atoms with Gasteiger partial charge in [0.25, 0.3) is 11.8 Å². The van der Waals surface area contributed by atoms with E-state index in [2.05, 4.69) is 19.9 Å². The number of benzene rings is 6. The first-order valence-electron chi connectivity index (χ1n) is 22.1. The first-order chi connectivity index (χ1) is 33.6. The van der Waals surface area contributed by atoms with Gasteiger partial charge in [0, 0.05) is 48.8 Å². The third-order valence-corrected chi connectivity index (χ3v) is 12.0. The molecule has 0 radical (unpaired) electrons. The van der Waals surface area contributed by atoms with E-state index < -0.39 is 23.0 Å². The second-order valence-electron chi connectivity index (χ2n) is 16.0. The lowest BCUT2D eigenvalue weighted by Crippen LogP contribution is -2.45. The molecule has 0 spiro atoms. The number of methoxy groups -OCH3 is 4. The number of hydrogen-bond acceptors (Lipinski definition) is 11. The third kappa shape index (κ3) is 9.92. The Morgan fingerprint density at radius 1 is 0.478 bits per heavy atom. The minimum absolute atomic E-state index is 0.0313. The molecular formula is C54H52N6O9. The molecule has 352 valence electrons. The van der Waals surface area contributed by atoms with E-state index in [1.165, 1.54) is 0 Å². The Hall–Kier alpha value is -8.24. The number of ether oxygens (including phenoxy) is 5. The van der Waals surface area contributed by atoms with Crippen LogP contribution in [0.3, 0.4) is 0 Å². The number of aromatic nitrogens is 4. The van der Waals surface area contributed by atoms with Gasteiger partial charge >= 0.3 is 0 Å². The molecule has 2 heterocycles. The Morgan fingerprint density at radius 3 is 1.07 bits per heavy atom. The summed E-state index contributed by atoms with van der Waals surface area (Å²) < 4.78 is 30.9. The molecule has 0 saturated heterocycles. The minimum Gasteiger partial charge on any atom is -0.497 e. The molecule has 2 amide bonds. The van der Waals surface area contributed by atoms with Crippen LogP contribution in [-0.4, -0.2) is 93.8 Å². The van der Waals surface area contributed by atoms with Gasteiger partial charge < -0.3 is 33.7 Å². The fraction of sp³-hybridized carbons (Fsp3) is 0.185. The van der Waals surface area contributed by atoms with Gasteiger partial charge in [-0.05, 0) is 106 Å². The predicted molar refractivity (Wildman–Crippen MR) is 256 cm³/mol. The second kappa shape index (κ2) is 21.2. The summed E-state index contributed by atoms with van der Waals surface area (Å²) in [5, 5.41) is 23.8. The molecule has 2 aromatic heterocycles. The summed E-state index contributed by atoms with van der Waals surface area (Å²) in [6.07, 6.45) is 7.14. The molecule has 15 heteroatoms. The normalized spacial score (nSPS) is 11.4. The van der Waals surface area contributed by atoms with Gasteiger partial charge in [0.15, 0.2) is 0 Å². The molecule has 0 bridgehead atoms. The van der Waals surface area contributed by atoms with E-state index in [4.69, 9.17) is 23.7 Å². The number of amides is 2. The van der Waals surface area contributed by atoms with Crippen LogP contribution in [0.1, 0.15) is 65.7 Å². The summed E-state index contributed by atoms with van der Waals surface area (Å²) >= 11 is 0. The van der Waals surface area contributed by atoms with Gasteiger partial charge in [-0.2, -0.15) is 0 Å². The lowest BCUT2D eigenvalue weighted by atomic mass is 9.74. The number of nitrogens with one attached hydrogen (secondary N) is 2. The van der Waals surface area contributed by atoms with Crippen molar-refractivity contribution in [3.05, 3.63) is 227 Å². The number of imidazole rings is 2. The maximum absolute atomic E-state index is 14.2. The average Bonchev–Trinajstić information content (AvgIpc) is 4.16. The molecule has 6 aromatic carbocycles. The summed E-state index contributed by atoms with van der Waals surface area (Å²) in [5.41, 5.74) is 0.518. The van der Waals surface area contributed by atoms with Crippen molar-refractivity contribution < 1.29 is 43.7 Å². The summed E-state index contributed by atoms with van der Waals surface area (Å²) in [6, 6.07) is 43.7. The summed E-state index contributed by atoms with van der Waals surface area (Å²) in [4.78, 5) is 43.0. The number of hydroxylamine groups is 4. The molecule has 0 aliphatic heterocycles. The van der Waals surface area contributed by atoms with Crippen LogP contribution < -0.4 is 18.9 Å². The summed E-state index contributed by atoms with van der Waals surface area (Å²) in [7, 11) is 6.34. The quantitative estimate of drug-likeness (QED) is 0.0326. The SMILES string of the molecule is COc1ccc(C(OC(c2ccc(OC)cc2)(c2ccc(OC)cc2)c2cccc(C(=O)N(O)CCc3ncc[nH]3)c2)(c2ccc(OC)cc2)c2cccc(C(=O)N(O)CCc3ncc[nH]3)c2)cc1. The molecule has 0 saturated carbocycles. The van der Waals surface area contributed by atoms with Crippen LogP contribution in [0, 0.1) is 0 Å². The number of carbonyl (C=O) groups excluding carboxylic acids is 2. The van der Waals surface area contributed by atoms with Crippen molar-refractivity contribution >= 4 is 11.8 Å². The first-order valence-corrected chi connectivity index (χ1v) is 22.1. The van der Waals surface area contributed by atoms with Gasteiger partial charge in [-0.1, -0.05) is 72.8 Å². The highest BCUT2D eigenvalue weighted by molar-refractivity contribution is 5.94. The largest absolute Gasteiger partial charge is 0.497 e. The molecule has 15 nitrogen and oxygen atoms in total. The lowest BCUT2D eigenvalue weighted by Gasteiger charge is -2.46. The molecule has 0 unspecified atom stereocenters. The third-order valence-electron chi connectivity index (χ3n) is 12.0. The van der Waals surface area contributed by atoms with Crippen LogP contribution in [0.4, 0.5) is 0 Å². The zero-order chi connectivity index (χ0) is 48.4. The lowest BCUT2D eigenvalue weighted by molar-refractivity contribution is -0.0813. The van der Waals surface area contributed by atoms with Gasteiger partial charge in [-0.3, -0.25) is 20.0 Å². The van der Waals surface area contributed by atoms with Crippen molar-refractivity contribution in [1.82, 2.24) is 30.1 Å². The molecule has 0 aliphatic carbocycles. The van der Waals surface area contributed by atoms with Crippen LogP contribution >= 0.6 is 0 Å². The Balaban J connectivity index is 1.41. The Bertz CT molecular complexity index is 2630. The Labute approximate surface area is 399 Å². The fourth-order valence-corrected chi connectivity index (χ4v) is 8.42. The minimum atomic E-state index is -1.66. The zero-order valence-corrected chi connectivity index (χ0v) is 38.5. The van der Waals surface area contributed by atoms with E-state index in [1.54, 1.807) is 89.6 Å². The molecule has 0 atom stereocenters. The van der Waals surface area contributed by atoms with E-state index in [0.717, 1.165) is 0 Å². The molecule has 69 heavy (non-hydrogen) atoms. The molecule has 0 fully saturated rings. The fourth-order valence-electron chi connectivity index (χ4n) is 8.42. The maximum Gasteiger partial charge on any atom is 0.277 e. The molecule has 4 N–H and O–H groups in total. The van der Waals surface area contributed by atoms with Crippen molar-refractivity contribution in [2.45, 2.75) is 24.0 Å². The Kier molecular flexibility index (Phi) is 14.5. The number of H-pyrrole nitrogens is 2. The van der Waals surface area contributed by atoms with Crippen LogP contribution in [0.15, 0.2) is 170 Å². The molecular weight excluding hydrogens is 877 g/mol. The van der Waals surface area contributed by atoms with Crippen molar-refractivity contribution in [3.8, 4) is 23.0 Å². The van der Waals surface area contributed by atoms with E-state index in [-0.39, 0.29) is 37.1 Å². The smallest absolute Gasteiger partial charge is 0.277 e. The van der Waals surface area contributed by atoms with E-state index in [9.17, 15) is 20.0 Å². The topological polar surface area (TPSA) is 185 Å². The van der Waals surface area contributed by atoms with Gasteiger partial charge in [-0.15, -0.1) is 0 Å². The number of rotatable bonds is 20. The highest BCUT2D eigenvalue weighted by Gasteiger charge is 2.49. The van der Waals surface area contributed by atoms with E-state index in [0.29, 0.717) is 78.2 Å². The van der Waals surface area contributed by atoms with E-state index >= 15 is 0 Å². The number of nitrogens with zero attached hydrogens (tertiary/aromatic N) is 4. The summed E-state index contributed by atoms with van der Waals surface area (Å²) in [5.74, 6) is 2.27. The van der Waals surface area contributed by atoms with Gasteiger partial charge in [0.2, 0.25) is 0 Å². The maximum atomic E-state index is 14.2. The average molecular weight is 929 g/mol. The summed E-state index contributed by atoms with van der Waals surface area (Å²) in [6.45, 7) is -0.0627. The molecule has 8 aromatic rings. The van der Waals surface area contributed by atoms with Crippen LogP contribution in [0.5, 0.6) is 23.0 Å². The standard InChI is InChI=1S/C54H52N6O9/c1-65-45-19-11-39(12-20-45)53(40-13-21-46(66-2)22-14-40,43-9-5-7-37(35-43)51(61)59(63)33-27-49-55-29-30-56-49)69-54(41-15-23-47(67-3)24-16-41,42-17-25-48(68-4)26-18-42)44-10-6-8-38(36-44)52(62)60(64)34-28-50-57-31-32-58-50/h5-26,29-32,35-36,63-64H,27-28,33-34H2,1-4H3,(H,55,56)(H,57,58). The van der Waals surface area contributed by atoms with Crippen molar-refractivity contribution in [1.29, 1.82) is 0 Å². The van der Waals surface area contributed by atoms with Crippen molar-refractivity contribution in [2.24, 2.45) is 0 Å². The van der Waals surface area contributed by atoms with E-state index in [1.807, 2.05) is 109 Å². The highest BCUT2D eigenvalue weighted by Crippen LogP contribution is 2.52. The first kappa shape index (κ1) is 47.3. The Morgan fingerprint density at radius 2 is 0.797 bits per heavy atom. The monoisotopic (exact) mass is 928 g/mol. The molecule has 0 aliphatic rings. The highest BCUT2D eigenvalue weighted by atomic mass is 16.5. The van der Waals surface area contributed by atoms with Crippen LogP contribution in [0.25, 0.3) is 0 Å². The second-order valence-corrected chi connectivity index (χ2v) is 16.0. The van der Waals surface area contributed by atoms with Crippen LogP contribution in [0.2, 0.25) is 0 Å². The number of aromatic amines is 2. The number of carbonyl (C=O) groups is 2. The van der Waals surface area contributed by atoms with Crippen molar-refractivity contribution in [3.63, 3.8) is 0 Å².